The Morgan fingerprint density at radius 1 is 0.529 bits per heavy atom. The van der Waals surface area contributed by atoms with E-state index in [9.17, 15) is 19.4 Å². The maximum atomic E-state index is 12.9. The van der Waals surface area contributed by atoms with Crippen molar-refractivity contribution in [1.82, 2.24) is 5.32 Å². The Labute approximate surface area is 420 Å². The minimum Gasteiger partial charge on any atom is -0.756 e. The first kappa shape index (κ1) is 65.7. The van der Waals surface area contributed by atoms with Crippen LogP contribution in [0.1, 0.15) is 232 Å². The molecule has 8 nitrogen and oxygen atoms in total. The molecule has 0 radical (unpaired) electrons. The van der Waals surface area contributed by atoms with Gasteiger partial charge in [0.05, 0.1) is 39.9 Å². The monoisotopic (exact) mass is 971 g/mol. The fourth-order valence-electron chi connectivity index (χ4n) is 7.73. The van der Waals surface area contributed by atoms with Gasteiger partial charge in [-0.15, -0.1) is 0 Å². The lowest BCUT2D eigenvalue weighted by molar-refractivity contribution is -0.870. The van der Waals surface area contributed by atoms with E-state index in [0.717, 1.165) is 70.6 Å². The molecule has 0 saturated carbocycles. The Morgan fingerprint density at radius 3 is 1.37 bits per heavy atom. The third kappa shape index (κ3) is 51.5. The normalized spacial score (nSPS) is 14.6. The zero-order valence-electron chi connectivity index (χ0n) is 44.8. The van der Waals surface area contributed by atoms with Crippen molar-refractivity contribution in [3.8, 4) is 0 Å². The summed E-state index contributed by atoms with van der Waals surface area (Å²) in [6.45, 7) is 4.50. The van der Waals surface area contributed by atoms with Gasteiger partial charge in [0.15, 0.2) is 0 Å². The van der Waals surface area contributed by atoms with E-state index in [1.165, 1.54) is 141 Å². The molecule has 0 heterocycles. The van der Waals surface area contributed by atoms with Gasteiger partial charge in [-0.2, -0.15) is 0 Å². The summed E-state index contributed by atoms with van der Waals surface area (Å²) in [5.74, 6) is -0.209. The highest BCUT2D eigenvalue weighted by Crippen LogP contribution is 2.38. The van der Waals surface area contributed by atoms with Crippen molar-refractivity contribution in [2.24, 2.45) is 0 Å². The Balaban J connectivity index is 4.07. The van der Waals surface area contributed by atoms with Gasteiger partial charge in [-0.25, -0.2) is 0 Å². The zero-order valence-corrected chi connectivity index (χ0v) is 45.7. The average Bonchev–Trinajstić information content (AvgIpc) is 3.30. The van der Waals surface area contributed by atoms with Gasteiger partial charge in [-0.1, -0.05) is 234 Å². The molecule has 0 rings (SSSR count). The molecule has 0 aliphatic carbocycles. The lowest BCUT2D eigenvalue weighted by Gasteiger charge is -2.29. The summed E-state index contributed by atoms with van der Waals surface area (Å²) in [6.07, 6.45) is 69.5. The first-order valence-electron chi connectivity index (χ1n) is 27.9. The van der Waals surface area contributed by atoms with Gasteiger partial charge in [-0.05, 0) is 77.0 Å². The third-order valence-electron chi connectivity index (χ3n) is 12.1. The number of quaternary nitrogens is 1. The Bertz CT molecular complexity index is 1380. The van der Waals surface area contributed by atoms with E-state index in [0.29, 0.717) is 17.4 Å². The van der Waals surface area contributed by atoms with Crippen LogP contribution in [0.4, 0.5) is 0 Å². The van der Waals surface area contributed by atoms with Crippen LogP contribution in [0.25, 0.3) is 0 Å². The first-order valence-corrected chi connectivity index (χ1v) is 29.4. The summed E-state index contributed by atoms with van der Waals surface area (Å²) < 4.78 is 23.3. The fraction of sp³-hybridized carbons (Fsp3) is 0.746. The topological polar surface area (TPSA) is 108 Å². The molecule has 0 bridgehead atoms. The molecule has 394 valence electrons. The van der Waals surface area contributed by atoms with E-state index in [4.69, 9.17) is 9.05 Å². The number of allylic oxidation sites excluding steroid dienone is 13. The molecule has 68 heavy (non-hydrogen) atoms. The van der Waals surface area contributed by atoms with Crippen LogP contribution in [0, 0.1) is 0 Å². The van der Waals surface area contributed by atoms with E-state index in [2.05, 4.69) is 92.1 Å². The van der Waals surface area contributed by atoms with E-state index in [-0.39, 0.29) is 12.5 Å². The highest BCUT2D eigenvalue weighted by atomic mass is 31.2. The number of likely N-dealkylation sites (N-methyl/N-ethyl adjacent to an activating group) is 1. The third-order valence-corrected chi connectivity index (χ3v) is 13.1. The minimum atomic E-state index is -4.60. The second kappa shape index (κ2) is 49.7. The molecule has 3 atom stereocenters. The minimum absolute atomic E-state index is 0.00841. The number of phosphoric acid groups is 1. The van der Waals surface area contributed by atoms with Crippen LogP contribution in [0.2, 0.25) is 0 Å². The fourth-order valence-corrected chi connectivity index (χ4v) is 8.45. The lowest BCUT2D eigenvalue weighted by atomic mass is 10.0. The number of hydrogen-bond donors (Lipinski definition) is 2. The highest BCUT2D eigenvalue weighted by Gasteiger charge is 2.23. The molecule has 0 spiro atoms. The molecule has 3 unspecified atom stereocenters. The van der Waals surface area contributed by atoms with Crippen molar-refractivity contribution in [3.63, 3.8) is 0 Å². The summed E-state index contributed by atoms with van der Waals surface area (Å²) in [5.41, 5.74) is 0. The molecular weight excluding hydrogens is 864 g/mol. The smallest absolute Gasteiger partial charge is 0.268 e. The summed E-state index contributed by atoms with van der Waals surface area (Å²) >= 11 is 0. The molecule has 0 aromatic rings. The van der Waals surface area contributed by atoms with Gasteiger partial charge in [0.1, 0.15) is 13.2 Å². The second-order valence-electron chi connectivity index (χ2n) is 19.9. The van der Waals surface area contributed by atoms with Crippen LogP contribution < -0.4 is 10.2 Å². The Kier molecular flexibility index (Phi) is 48.0. The molecule has 0 aromatic heterocycles. The van der Waals surface area contributed by atoms with Crippen LogP contribution >= 0.6 is 7.82 Å². The molecule has 0 aromatic carbocycles. The number of nitrogens with zero attached hydrogens (tertiary/aromatic N) is 1. The van der Waals surface area contributed by atoms with Crippen molar-refractivity contribution in [3.05, 3.63) is 85.1 Å². The first-order chi connectivity index (χ1) is 33.0. The molecule has 0 aliphatic rings. The highest BCUT2D eigenvalue weighted by molar-refractivity contribution is 7.45. The van der Waals surface area contributed by atoms with Gasteiger partial charge < -0.3 is 28.8 Å². The largest absolute Gasteiger partial charge is 0.756 e. The summed E-state index contributed by atoms with van der Waals surface area (Å²) in [4.78, 5) is 25.4. The standard InChI is InChI=1S/C59H107N2O6P/c1-6-8-10-12-14-16-18-20-21-22-23-24-25-26-27-28-29-30-31-32-33-34-35-36-37-38-39-41-43-45-47-49-51-53-59(63)60-57(56-67-68(64,65)66-55-54-61(3,4)5)58(62)52-50-48-46-44-42-40-19-17-15-13-11-9-7-2/h8,10,14,16,20-21,23-24,26-27,42,44,50,52,57-58,62H,6-7,9,11-13,15,17-19,22,25,28-41,43,45-49,51,53-56H2,1-5H3,(H-,60,63,64,65)/b10-8-,16-14-,21-20-,24-23-,27-26-,44-42+,52-50+. The second-order valence-corrected chi connectivity index (χ2v) is 21.3. The lowest BCUT2D eigenvalue weighted by Crippen LogP contribution is -2.45. The van der Waals surface area contributed by atoms with Gasteiger partial charge in [0.25, 0.3) is 7.82 Å². The summed E-state index contributed by atoms with van der Waals surface area (Å²) in [6, 6.07) is -0.905. The number of amides is 1. The van der Waals surface area contributed by atoms with Crippen LogP contribution in [-0.2, 0) is 18.4 Å². The van der Waals surface area contributed by atoms with Crippen molar-refractivity contribution in [2.75, 3.05) is 40.9 Å². The summed E-state index contributed by atoms with van der Waals surface area (Å²) in [5, 5.41) is 13.8. The Hall–Kier alpha value is -2.32. The average molecular weight is 971 g/mol. The van der Waals surface area contributed by atoms with Crippen molar-refractivity contribution < 1.29 is 32.9 Å². The van der Waals surface area contributed by atoms with Gasteiger partial charge >= 0.3 is 0 Å². The molecular formula is C59H107N2O6P. The number of hydrogen-bond acceptors (Lipinski definition) is 6. The van der Waals surface area contributed by atoms with E-state index < -0.39 is 26.6 Å². The van der Waals surface area contributed by atoms with Crippen LogP contribution in [0.3, 0.4) is 0 Å². The predicted molar refractivity (Wildman–Crippen MR) is 293 cm³/mol. The number of carbonyl (C=O) groups is 1. The molecule has 0 fully saturated rings. The van der Waals surface area contributed by atoms with E-state index in [1.807, 2.05) is 27.2 Å². The van der Waals surface area contributed by atoms with Gasteiger partial charge in [0.2, 0.25) is 5.91 Å². The van der Waals surface area contributed by atoms with Crippen LogP contribution in [-0.4, -0.2) is 68.5 Å². The van der Waals surface area contributed by atoms with Crippen molar-refractivity contribution in [2.45, 2.75) is 244 Å². The molecule has 9 heteroatoms. The number of rotatable bonds is 50. The van der Waals surface area contributed by atoms with Gasteiger partial charge in [-0.3, -0.25) is 9.36 Å². The maximum absolute atomic E-state index is 12.9. The number of carbonyl (C=O) groups excluding carboxylic acids is 1. The zero-order chi connectivity index (χ0) is 49.9. The molecule has 1 amide bonds. The number of nitrogens with one attached hydrogen (secondary N) is 1. The van der Waals surface area contributed by atoms with Gasteiger partial charge in [0, 0.05) is 6.42 Å². The SMILES string of the molecule is CC/C=C\C/C=C\C/C=C\C/C=C\C/C=C\CCCCCCCCCCCCCCCCCCCC(=O)NC(COP(=O)([O-])OCC[N+](C)(C)C)C(O)/C=C/CC/C=C/CCCCCCCCC. The number of unbranched alkanes of at least 4 members (excludes halogenated alkanes) is 25. The van der Waals surface area contributed by atoms with E-state index >= 15 is 0 Å². The van der Waals surface area contributed by atoms with Crippen molar-refractivity contribution >= 4 is 13.7 Å². The quantitative estimate of drug-likeness (QED) is 0.0272. The number of phosphoric ester groups is 1. The van der Waals surface area contributed by atoms with Crippen molar-refractivity contribution in [1.29, 1.82) is 0 Å². The van der Waals surface area contributed by atoms with Crippen LogP contribution in [0.5, 0.6) is 0 Å². The maximum Gasteiger partial charge on any atom is 0.268 e. The Morgan fingerprint density at radius 2 is 0.912 bits per heavy atom. The number of aliphatic hydroxyl groups is 1. The predicted octanol–water partition coefficient (Wildman–Crippen LogP) is 16.2. The summed E-state index contributed by atoms with van der Waals surface area (Å²) in [7, 11) is 1.24. The number of aliphatic hydroxyl groups excluding tert-OH is 1. The van der Waals surface area contributed by atoms with E-state index in [1.54, 1.807) is 6.08 Å². The van der Waals surface area contributed by atoms with Crippen LogP contribution in [0.15, 0.2) is 85.1 Å². The molecule has 2 N–H and O–H groups in total. The molecule has 0 aliphatic heterocycles. The molecule has 0 saturated heterocycles.